The highest BCUT2D eigenvalue weighted by atomic mass is 15.0. The molecule has 2 nitrogen and oxygen atoms in total. The van der Waals surface area contributed by atoms with Gasteiger partial charge in [-0.2, -0.15) is 0 Å². The van der Waals surface area contributed by atoms with E-state index in [0.29, 0.717) is 0 Å². The van der Waals surface area contributed by atoms with Gasteiger partial charge >= 0.3 is 0 Å². The van der Waals surface area contributed by atoms with E-state index in [1.165, 1.54) is 49.4 Å². The second-order valence-corrected chi connectivity index (χ2v) is 8.71. The molecule has 0 unspecified atom stereocenters. The first-order valence-electron chi connectivity index (χ1n) is 11.7. The Labute approximate surface area is 199 Å². The van der Waals surface area contributed by atoms with Crippen LogP contribution in [0.5, 0.6) is 0 Å². The largest absolute Gasteiger partial charge is 0.344 e. The third-order valence-electron chi connectivity index (χ3n) is 6.83. The number of hydrogen-bond donors (Lipinski definition) is 0. The van der Waals surface area contributed by atoms with Crippen molar-refractivity contribution in [3.8, 4) is 16.8 Å². The van der Waals surface area contributed by atoms with Gasteiger partial charge in [0, 0.05) is 45.5 Å². The number of aryl methyl sites for hydroxylation is 1. The van der Waals surface area contributed by atoms with Crippen molar-refractivity contribution in [2.45, 2.75) is 6.92 Å². The Morgan fingerprint density at radius 2 is 1.38 bits per heavy atom. The molecule has 2 heterocycles. The molecule has 0 aliphatic rings. The molecule has 164 valence electrons. The standard InChI is InChI=1S/C32H26N2/c1-4-11-25-27-18-16-23(21-32(27)34(29(25)5-2)24-12-7-6-8-13-24)22-17-19-31-28(20-22)26-14-9-10-15-30(26)33(31)3/h4-21H,2H2,1,3H3/b11-4-. The first-order valence-corrected chi connectivity index (χ1v) is 11.7. The van der Waals surface area contributed by atoms with Crippen LogP contribution in [-0.2, 0) is 7.05 Å². The van der Waals surface area contributed by atoms with Crippen LogP contribution >= 0.6 is 0 Å². The number of para-hydroxylation sites is 2. The van der Waals surface area contributed by atoms with Crippen LogP contribution in [0.3, 0.4) is 0 Å². The number of benzene rings is 4. The molecule has 0 aliphatic carbocycles. The van der Waals surface area contributed by atoms with E-state index in [1.54, 1.807) is 0 Å². The van der Waals surface area contributed by atoms with Gasteiger partial charge in [0.25, 0.3) is 0 Å². The molecule has 34 heavy (non-hydrogen) atoms. The van der Waals surface area contributed by atoms with Crippen LogP contribution in [0.25, 0.3) is 61.7 Å². The lowest BCUT2D eigenvalue weighted by Gasteiger charge is -2.10. The van der Waals surface area contributed by atoms with Gasteiger partial charge in [-0.15, -0.1) is 0 Å². The number of rotatable bonds is 4. The van der Waals surface area contributed by atoms with E-state index in [4.69, 9.17) is 0 Å². The van der Waals surface area contributed by atoms with Crippen molar-refractivity contribution >= 4 is 44.9 Å². The van der Waals surface area contributed by atoms with E-state index >= 15 is 0 Å². The third-order valence-corrected chi connectivity index (χ3v) is 6.83. The van der Waals surface area contributed by atoms with Crippen LogP contribution < -0.4 is 0 Å². The van der Waals surface area contributed by atoms with Gasteiger partial charge in [0.2, 0.25) is 0 Å². The Hall–Kier alpha value is -4.30. The van der Waals surface area contributed by atoms with Crippen molar-refractivity contribution in [1.82, 2.24) is 9.13 Å². The highest BCUT2D eigenvalue weighted by Crippen LogP contribution is 2.36. The number of aromatic nitrogens is 2. The molecule has 4 aromatic carbocycles. The Bertz CT molecular complexity index is 1730. The zero-order valence-electron chi connectivity index (χ0n) is 19.5. The zero-order chi connectivity index (χ0) is 23.2. The summed E-state index contributed by atoms with van der Waals surface area (Å²) in [5, 5.41) is 3.81. The first-order chi connectivity index (χ1) is 16.7. The number of nitrogens with zero attached hydrogens (tertiary/aromatic N) is 2. The minimum Gasteiger partial charge on any atom is -0.344 e. The lowest BCUT2D eigenvalue weighted by Crippen LogP contribution is -1.96. The molecule has 0 atom stereocenters. The molecule has 0 aliphatic heterocycles. The van der Waals surface area contributed by atoms with Gasteiger partial charge in [0.05, 0.1) is 11.2 Å². The molecule has 0 radical (unpaired) electrons. The van der Waals surface area contributed by atoms with Crippen molar-refractivity contribution in [2.75, 3.05) is 0 Å². The van der Waals surface area contributed by atoms with E-state index in [2.05, 4.69) is 133 Å². The molecule has 0 amide bonds. The van der Waals surface area contributed by atoms with Crippen molar-refractivity contribution < 1.29 is 0 Å². The summed E-state index contributed by atoms with van der Waals surface area (Å²) < 4.78 is 4.59. The first kappa shape index (κ1) is 20.3. The van der Waals surface area contributed by atoms with Crippen molar-refractivity contribution in [3.63, 3.8) is 0 Å². The normalized spacial score (nSPS) is 11.8. The highest BCUT2D eigenvalue weighted by molar-refractivity contribution is 6.09. The summed E-state index contributed by atoms with van der Waals surface area (Å²) in [6.07, 6.45) is 6.24. The molecule has 0 N–H and O–H groups in total. The minimum absolute atomic E-state index is 1.11. The molecule has 0 bridgehead atoms. The van der Waals surface area contributed by atoms with Crippen molar-refractivity contribution in [3.05, 3.63) is 115 Å². The quantitative estimate of drug-likeness (QED) is 0.261. The number of hydrogen-bond acceptors (Lipinski definition) is 0. The summed E-state index contributed by atoms with van der Waals surface area (Å²) in [7, 11) is 2.14. The molecule has 6 rings (SSSR count). The highest BCUT2D eigenvalue weighted by Gasteiger charge is 2.16. The molecular formula is C32H26N2. The predicted octanol–water partition coefficient (Wildman–Crippen LogP) is 8.62. The van der Waals surface area contributed by atoms with Gasteiger partial charge in [-0.25, -0.2) is 0 Å². The predicted molar refractivity (Wildman–Crippen MR) is 147 cm³/mol. The smallest absolute Gasteiger partial charge is 0.0547 e. The van der Waals surface area contributed by atoms with Crippen LogP contribution in [0.1, 0.15) is 18.2 Å². The Morgan fingerprint density at radius 1 is 0.676 bits per heavy atom. The summed E-state index contributed by atoms with van der Waals surface area (Å²) >= 11 is 0. The van der Waals surface area contributed by atoms with E-state index in [-0.39, 0.29) is 0 Å². The second-order valence-electron chi connectivity index (χ2n) is 8.71. The summed E-state index contributed by atoms with van der Waals surface area (Å²) in [5.74, 6) is 0. The van der Waals surface area contributed by atoms with Crippen LogP contribution in [0, 0.1) is 0 Å². The number of fused-ring (bicyclic) bond motifs is 4. The van der Waals surface area contributed by atoms with Crippen molar-refractivity contribution in [2.24, 2.45) is 7.05 Å². The van der Waals surface area contributed by atoms with Gasteiger partial charge in [-0.1, -0.05) is 73.3 Å². The number of allylic oxidation sites excluding steroid dienone is 1. The molecule has 2 aromatic heterocycles. The fraction of sp³-hybridized carbons (Fsp3) is 0.0625. The van der Waals surface area contributed by atoms with Gasteiger partial charge in [-0.05, 0) is 60.5 Å². The Balaban J connectivity index is 1.63. The molecule has 0 fully saturated rings. The molecule has 2 heteroatoms. The maximum atomic E-state index is 4.14. The van der Waals surface area contributed by atoms with Crippen LogP contribution in [-0.4, -0.2) is 9.13 Å². The maximum Gasteiger partial charge on any atom is 0.0547 e. The summed E-state index contributed by atoms with van der Waals surface area (Å²) in [6.45, 7) is 6.21. The molecule has 0 saturated carbocycles. The SMILES string of the molecule is C=Cc1c(/C=C\C)c2ccc(-c3ccc4c(c3)c3ccccc3n4C)cc2n1-c1ccccc1. The van der Waals surface area contributed by atoms with Gasteiger partial charge in [0.15, 0.2) is 0 Å². The zero-order valence-corrected chi connectivity index (χ0v) is 19.5. The van der Waals surface area contributed by atoms with E-state index < -0.39 is 0 Å². The molecule has 6 aromatic rings. The van der Waals surface area contributed by atoms with Crippen LogP contribution in [0.2, 0.25) is 0 Å². The Kier molecular flexibility index (Phi) is 4.74. The van der Waals surface area contributed by atoms with E-state index in [1.807, 2.05) is 6.08 Å². The minimum atomic E-state index is 1.11. The van der Waals surface area contributed by atoms with Gasteiger partial charge in [0.1, 0.15) is 0 Å². The fourth-order valence-electron chi connectivity index (χ4n) is 5.26. The van der Waals surface area contributed by atoms with Gasteiger partial charge in [-0.3, -0.25) is 0 Å². The average molecular weight is 439 g/mol. The lowest BCUT2D eigenvalue weighted by atomic mass is 10.0. The maximum absolute atomic E-state index is 4.14. The van der Waals surface area contributed by atoms with Crippen LogP contribution in [0.15, 0.2) is 104 Å². The van der Waals surface area contributed by atoms with Gasteiger partial charge < -0.3 is 9.13 Å². The molecule has 0 spiro atoms. The monoisotopic (exact) mass is 438 g/mol. The average Bonchev–Trinajstić information content (AvgIpc) is 3.36. The summed E-state index contributed by atoms with van der Waals surface area (Å²) in [6, 6.07) is 32.8. The topological polar surface area (TPSA) is 9.86 Å². The van der Waals surface area contributed by atoms with E-state index in [0.717, 1.165) is 11.4 Å². The lowest BCUT2D eigenvalue weighted by molar-refractivity contribution is 1.01. The van der Waals surface area contributed by atoms with E-state index in [9.17, 15) is 0 Å². The molecule has 0 saturated heterocycles. The summed E-state index contributed by atoms with van der Waals surface area (Å²) in [4.78, 5) is 0. The second kappa shape index (κ2) is 7.93. The molecular weight excluding hydrogens is 412 g/mol. The fourth-order valence-corrected chi connectivity index (χ4v) is 5.26. The third kappa shape index (κ3) is 2.96. The van der Waals surface area contributed by atoms with Crippen molar-refractivity contribution in [1.29, 1.82) is 0 Å². The Morgan fingerprint density at radius 3 is 2.18 bits per heavy atom. The summed E-state index contributed by atoms with van der Waals surface area (Å²) in [5.41, 5.74) is 9.58. The van der Waals surface area contributed by atoms with Crippen LogP contribution in [0.4, 0.5) is 0 Å².